The van der Waals surface area contributed by atoms with Gasteiger partial charge in [0.05, 0.1) is 6.04 Å². The summed E-state index contributed by atoms with van der Waals surface area (Å²) in [6.45, 7) is 7.20. The van der Waals surface area contributed by atoms with Crippen LogP contribution in [-0.2, 0) is 4.74 Å². The van der Waals surface area contributed by atoms with Gasteiger partial charge < -0.3 is 14.5 Å². The van der Waals surface area contributed by atoms with Crippen molar-refractivity contribution in [2.24, 2.45) is 0 Å². The van der Waals surface area contributed by atoms with Crippen molar-refractivity contribution < 1.29 is 9.53 Å². The predicted octanol–water partition coefficient (Wildman–Crippen LogP) is 3.68. The van der Waals surface area contributed by atoms with E-state index in [1.807, 2.05) is 50.9 Å². The van der Waals surface area contributed by atoms with Crippen molar-refractivity contribution in [3.05, 3.63) is 22.8 Å². The number of ether oxygens (including phenoxy) is 1. The second-order valence-corrected chi connectivity index (χ2v) is 7.48. The molecule has 0 spiro atoms. The van der Waals surface area contributed by atoms with Gasteiger partial charge >= 0.3 is 6.09 Å². The first kappa shape index (κ1) is 17.1. The molecule has 1 atom stereocenters. The molecular formula is C16H24BrN3O2. The first-order chi connectivity index (χ1) is 10.3. The second kappa shape index (κ2) is 6.86. The number of aromatic nitrogens is 1. The Bertz CT molecular complexity index is 530. The molecule has 1 aromatic heterocycles. The first-order valence-corrected chi connectivity index (χ1v) is 8.39. The van der Waals surface area contributed by atoms with E-state index in [0.717, 1.165) is 36.4 Å². The van der Waals surface area contributed by atoms with E-state index in [1.165, 1.54) is 0 Å². The summed E-state index contributed by atoms with van der Waals surface area (Å²) in [6.07, 6.45) is 1.80. The van der Waals surface area contributed by atoms with Gasteiger partial charge in [-0.25, -0.2) is 9.78 Å². The number of hydrogen-bond acceptors (Lipinski definition) is 4. The van der Waals surface area contributed by atoms with Crippen LogP contribution in [0.25, 0.3) is 0 Å². The van der Waals surface area contributed by atoms with Crippen LogP contribution in [0, 0.1) is 0 Å². The molecule has 1 aliphatic heterocycles. The minimum Gasteiger partial charge on any atom is -0.444 e. The van der Waals surface area contributed by atoms with Crippen LogP contribution in [0.3, 0.4) is 0 Å². The van der Waals surface area contributed by atoms with Gasteiger partial charge in [0.15, 0.2) is 0 Å². The molecule has 0 saturated carbocycles. The molecule has 122 valence electrons. The number of halogens is 1. The lowest BCUT2D eigenvalue weighted by Gasteiger charge is -2.31. The summed E-state index contributed by atoms with van der Waals surface area (Å²) in [7, 11) is 2.00. The van der Waals surface area contributed by atoms with Crippen LogP contribution in [0.5, 0.6) is 0 Å². The molecule has 22 heavy (non-hydrogen) atoms. The average molecular weight is 370 g/mol. The highest BCUT2D eigenvalue weighted by atomic mass is 79.9. The van der Waals surface area contributed by atoms with E-state index >= 15 is 0 Å². The minimum absolute atomic E-state index is 0.167. The fourth-order valence-corrected chi connectivity index (χ4v) is 2.94. The lowest BCUT2D eigenvalue weighted by atomic mass is 10.2. The van der Waals surface area contributed by atoms with Gasteiger partial charge in [0, 0.05) is 20.1 Å². The SMILES string of the molecule is CN(C[C@@H]1CCCN1C(=O)OC(C)(C)C)c1cccc(Br)n1. The van der Waals surface area contributed by atoms with E-state index in [-0.39, 0.29) is 12.1 Å². The van der Waals surface area contributed by atoms with Crippen molar-refractivity contribution in [2.45, 2.75) is 45.3 Å². The zero-order valence-electron chi connectivity index (χ0n) is 13.7. The number of hydrogen-bond donors (Lipinski definition) is 0. The van der Waals surface area contributed by atoms with Gasteiger partial charge in [0.2, 0.25) is 0 Å². The third-order valence-corrected chi connectivity index (χ3v) is 4.02. The predicted molar refractivity (Wildman–Crippen MR) is 91.2 cm³/mol. The Morgan fingerprint density at radius 2 is 2.23 bits per heavy atom. The van der Waals surface area contributed by atoms with Crippen LogP contribution in [0.4, 0.5) is 10.6 Å². The molecule has 1 aliphatic rings. The smallest absolute Gasteiger partial charge is 0.410 e. The van der Waals surface area contributed by atoms with Crippen LogP contribution in [0.2, 0.25) is 0 Å². The largest absolute Gasteiger partial charge is 0.444 e. The number of carbonyl (C=O) groups is 1. The van der Waals surface area contributed by atoms with Crippen molar-refractivity contribution in [1.29, 1.82) is 0 Å². The zero-order chi connectivity index (χ0) is 16.3. The van der Waals surface area contributed by atoms with Crippen molar-refractivity contribution in [2.75, 3.05) is 25.0 Å². The number of anilines is 1. The highest BCUT2D eigenvalue weighted by molar-refractivity contribution is 9.10. The number of nitrogens with zero attached hydrogens (tertiary/aromatic N) is 3. The standard InChI is InChI=1S/C16H24BrN3O2/c1-16(2,3)22-15(21)20-10-6-7-12(20)11-19(4)14-9-5-8-13(17)18-14/h5,8-9,12H,6-7,10-11H2,1-4H3/t12-/m0/s1. The normalized spacial score (nSPS) is 18.4. The van der Waals surface area contributed by atoms with E-state index < -0.39 is 5.60 Å². The van der Waals surface area contributed by atoms with E-state index in [1.54, 1.807) is 0 Å². The van der Waals surface area contributed by atoms with Crippen LogP contribution >= 0.6 is 15.9 Å². The lowest BCUT2D eigenvalue weighted by Crippen LogP contribution is -2.44. The van der Waals surface area contributed by atoms with Gasteiger partial charge in [-0.3, -0.25) is 0 Å². The minimum atomic E-state index is -0.456. The number of amides is 1. The monoisotopic (exact) mass is 369 g/mol. The van der Waals surface area contributed by atoms with E-state index in [0.29, 0.717) is 0 Å². The van der Waals surface area contributed by atoms with Gasteiger partial charge in [0.1, 0.15) is 16.0 Å². The number of likely N-dealkylation sites (tertiary alicyclic amines) is 1. The fraction of sp³-hybridized carbons (Fsp3) is 0.625. The highest BCUT2D eigenvalue weighted by Gasteiger charge is 2.32. The molecule has 6 heteroatoms. The maximum absolute atomic E-state index is 12.3. The van der Waals surface area contributed by atoms with Crippen LogP contribution in [-0.4, -0.2) is 47.8 Å². The van der Waals surface area contributed by atoms with Gasteiger partial charge in [-0.2, -0.15) is 0 Å². The summed E-state index contributed by atoms with van der Waals surface area (Å²) < 4.78 is 6.32. The number of carbonyl (C=O) groups excluding carboxylic acids is 1. The maximum atomic E-state index is 12.3. The zero-order valence-corrected chi connectivity index (χ0v) is 15.3. The lowest BCUT2D eigenvalue weighted by molar-refractivity contribution is 0.0232. The van der Waals surface area contributed by atoms with Gasteiger partial charge in [-0.1, -0.05) is 6.07 Å². The third kappa shape index (κ3) is 4.60. The molecule has 2 heterocycles. The van der Waals surface area contributed by atoms with Crippen molar-refractivity contribution >= 4 is 27.8 Å². The van der Waals surface area contributed by atoms with E-state index in [4.69, 9.17) is 4.74 Å². The van der Waals surface area contributed by atoms with Gasteiger partial charge in [-0.15, -0.1) is 0 Å². The van der Waals surface area contributed by atoms with Crippen LogP contribution in [0.15, 0.2) is 22.8 Å². The van der Waals surface area contributed by atoms with Crippen molar-refractivity contribution in [3.63, 3.8) is 0 Å². The fourth-order valence-electron chi connectivity index (χ4n) is 2.61. The molecule has 1 fully saturated rings. The second-order valence-electron chi connectivity index (χ2n) is 6.67. The summed E-state index contributed by atoms with van der Waals surface area (Å²) in [5.74, 6) is 0.894. The maximum Gasteiger partial charge on any atom is 0.410 e. The first-order valence-electron chi connectivity index (χ1n) is 7.59. The number of rotatable bonds is 3. The Labute approximate surface area is 140 Å². The van der Waals surface area contributed by atoms with Crippen LogP contribution in [0.1, 0.15) is 33.6 Å². The van der Waals surface area contributed by atoms with Crippen molar-refractivity contribution in [1.82, 2.24) is 9.88 Å². The molecule has 0 radical (unpaired) electrons. The summed E-state index contributed by atoms with van der Waals surface area (Å²) in [5, 5.41) is 0. The average Bonchev–Trinajstić information content (AvgIpc) is 2.85. The highest BCUT2D eigenvalue weighted by Crippen LogP contribution is 2.23. The quantitative estimate of drug-likeness (QED) is 0.762. The molecule has 0 N–H and O–H groups in total. The molecular weight excluding hydrogens is 346 g/mol. The van der Waals surface area contributed by atoms with Gasteiger partial charge in [-0.05, 0) is 61.7 Å². The molecule has 0 aliphatic carbocycles. The third-order valence-electron chi connectivity index (χ3n) is 3.58. The Morgan fingerprint density at radius 1 is 1.50 bits per heavy atom. The summed E-state index contributed by atoms with van der Waals surface area (Å²) in [5.41, 5.74) is -0.456. The molecule has 1 amide bonds. The number of likely N-dealkylation sites (N-methyl/N-ethyl adjacent to an activating group) is 1. The molecule has 0 bridgehead atoms. The molecule has 1 aromatic rings. The van der Waals surface area contributed by atoms with Crippen LogP contribution < -0.4 is 4.90 Å². The Balaban J connectivity index is 2.00. The molecule has 5 nitrogen and oxygen atoms in total. The van der Waals surface area contributed by atoms with E-state index in [9.17, 15) is 4.79 Å². The summed E-state index contributed by atoms with van der Waals surface area (Å²) >= 11 is 3.39. The molecule has 2 rings (SSSR count). The summed E-state index contributed by atoms with van der Waals surface area (Å²) in [4.78, 5) is 20.7. The Hall–Kier alpha value is -1.30. The van der Waals surface area contributed by atoms with E-state index in [2.05, 4.69) is 25.8 Å². The molecule has 1 saturated heterocycles. The Kier molecular flexibility index (Phi) is 5.32. The molecule has 0 aromatic carbocycles. The number of pyridine rings is 1. The topological polar surface area (TPSA) is 45.7 Å². The van der Waals surface area contributed by atoms with Gasteiger partial charge in [0.25, 0.3) is 0 Å². The Morgan fingerprint density at radius 3 is 2.86 bits per heavy atom. The van der Waals surface area contributed by atoms with Crippen molar-refractivity contribution in [3.8, 4) is 0 Å². The summed E-state index contributed by atoms with van der Waals surface area (Å²) in [6, 6.07) is 6.00. The molecule has 0 unspecified atom stereocenters.